The second-order valence-electron chi connectivity index (χ2n) is 3.72. The number of ether oxygens (including phenoxy) is 1. The Balaban J connectivity index is 2.11. The lowest BCUT2D eigenvalue weighted by Crippen LogP contribution is -2.36. The van der Waals surface area contributed by atoms with Gasteiger partial charge in [0.15, 0.2) is 0 Å². The molecule has 0 radical (unpaired) electrons. The van der Waals surface area contributed by atoms with E-state index in [4.69, 9.17) is 16.3 Å². The average molecular weight is 241 g/mol. The van der Waals surface area contributed by atoms with Crippen LogP contribution in [-0.2, 0) is 9.53 Å². The first-order valence-corrected chi connectivity index (χ1v) is 5.58. The van der Waals surface area contributed by atoms with Gasteiger partial charge in [-0.05, 0) is 25.0 Å². The smallest absolute Gasteiger partial charge is 0.257 e. The van der Waals surface area contributed by atoms with E-state index in [9.17, 15) is 4.79 Å². The largest absolute Gasteiger partial charge is 0.368 e. The summed E-state index contributed by atoms with van der Waals surface area (Å²) >= 11 is 5.77. The van der Waals surface area contributed by atoms with Crippen molar-refractivity contribution in [3.63, 3.8) is 0 Å². The Labute approximate surface area is 99.2 Å². The average Bonchev–Trinajstić information content (AvgIpc) is 2.80. The van der Waals surface area contributed by atoms with Gasteiger partial charge in [-0.15, -0.1) is 0 Å². The van der Waals surface area contributed by atoms with Gasteiger partial charge < -0.3 is 4.74 Å². The molecule has 4 nitrogen and oxygen atoms in total. The van der Waals surface area contributed by atoms with E-state index in [-0.39, 0.29) is 12.0 Å². The zero-order valence-corrected chi connectivity index (χ0v) is 9.78. The fraction of sp³-hybridized carbons (Fsp3) is 0.455. The zero-order valence-electron chi connectivity index (χ0n) is 9.02. The van der Waals surface area contributed by atoms with Crippen LogP contribution in [0.4, 0.5) is 5.82 Å². The van der Waals surface area contributed by atoms with E-state index < -0.39 is 0 Å². The summed E-state index contributed by atoms with van der Waals surface area (Å²) in [7, 11) is 1.68. The third kappa shape index (κ3) is 2.33. The molecule has 86 valence electrons. The predicted molar refractivity (Wildman–Crippen MR) is 61.6 cm³/mol. The molecule has 0 spiro atoms. The maximum atomic E-state index is 12.0. The molecule has 0 bridgehead atoms. The normalized spacial score (nSPS) is 19.8. The van der Waals surface area contributed by atoms with Gasteiger partial charge in [-0.25, -0.2) is 4.98 Å². The molecule has 1 aromatic rings. The Hall–Kier alpha value is -1.13. The molecule has 16 heavy (non-hydrogen) atoms. The summed E-state index contributed by atoms with van der Waals surface area (Å²) in [5.74, 6) is 0.486. The third-order valence-electron chi connectivity index (χ3n) is 2.58. The van der Waals surface area contributed by atoms with Gasteiger partial charge in [-0.2, -0.15) is 0 Å². The first kappa shape index (κ1) is 11.4. The molecule has 1 aromatic heterocycles. The van der Waals surface area contributed by atoms with E-state index in [0.29, 0.717) is 17.6 Å². The van der Waals surface area contributed by atoms with Crippen LogP contribution in [0.25, 0.3) is 0 Å². The fourth-order valence-corrected chi connectivity index (χ4v) is 1.84. The molecular weight excluding hydrogens is 228 g/mol. The Kier molecular flexibility index (Phi) is 3.41. The lowest BCUT2D eigenvalue weighted by Gasteiger charge is -2.19. The molecule has 1 atom stereocenters. The number of hydrogen-bond donors (Lipinski definition) is 0. The minimum atomic E-state index is -0.328. The minimum Gasteiger partial charge on any atom is -0.368 e. The van der Waals surface area contributed by atoms with Crippen LogP contribution >= 0.6 is 11.6 Å². The van der Waals surface area contributed by atoms with Crippen molar-refractivity contribution in [3.05, 3.63) is 23.4 Å². The van der Waals surface area contributed by atoms with Crippen molar-refractivity contribution >= 4 is 23.3 Å². The van der Waals surface area contributed by atoms with Crippen molar-refractivity contribution in [1.29, 1.82) is 0 Å². The number of hydrogen-bond acceptors (Lipinski definition) is 3. The number of nitrogens with zero attached hydrogens (tertiary/aromatic N) is 2. The van der Waals surface area contributed by atoms with Gasteiger partial charge in [-0.1, -0.05) is 17.7 Å². The van der Waals surface area contributed by atoms with E-state index in [0.717, 1.165) is 12.8 Å². The molecule has 1 saturated heterocycles. The fourth-order valence-electron chi connectivity index (χ4n) is 1.69. The molecule has 1 aliphatic rings. The van der Waals surface area contributed by atoms with Crippen molar-refractivity contribution in [2.24, 2.45) is 0 Å². The topological polar surface area (TPSA) is 42.4 Å². The minimum absolute atomic E-state index is 0.0627. The van der Waals surface area contributed by atoms with Crippen LogP contribution in [0.3, 0.4) is 0 Å². The second kappa shape index (κ2) is 4.80. The number of rotatable bonds is 2. The highest BCUT2D eigenvalue weighted by molar-refractivity contribution is 6.29. The van der Waals surface area contributed by atoms with Crippen LogP contribution < -0.4 is 4.90 Å². The first-order chi connectivity index (χ1) is 7.68. The Morgan fingerprint density at radius 1 is 1.62 bits per heavy atom. The van der Waals surface area contributed by atoms with E-state index in [1.54, 1.807) is 25.2 Å². The van der Waals surface area contributed by atoms with Crippen LogP contribution in [0.2, 0.25) is 5.15 Å². The predicted octanol–water partition coefficient (Wildman–Crippen LogP) is 1.88. The summed E-state index contributed by atoms with van der Waals surface area (Å²) in [6.07, 6.45) is 1.39. The van der Waals surface area contributed by atoms with Gasteiger partial charge in [0.05, 0.1) is 0 Å². The van der Waals surface area contributed by atoms with E-state index in [2.05, 4.69) is 4.98 Å². The molecule has 0 aliphatic carbocycles. The van der Waals surface area contributed by atoms with Gasteiger partial charge in [0.25, 0.3) is 5.91 Å². The summed E-state index contributed by atoms with van der Waals surface area (Å²) in [4.78, 5) is 17.5. The summed E-state index contributed by atoms with van der Waals surface area (Å²) < 4.78 is 5.34. The van der Waals surface area contributed by atoms with Crippen LogP contribution in [0.5, 0.6) is 0 Å². The molecule has 0 saturated carbocycles. The molecule has 0 aromatic carbocycles. The number of anilines is 1. The van der Waals surface area contributed by atoms with E-state index in [1.807, 2.05) is 0 Å². The Morgan fingerprint density at radius 2 is 2.44 bits per heavy atom. The molecule has 1 fully saturated rings. The molecule has 0 N–H and O–H groups in total. The maximum absolute atomic E-state index is 12.0. The van der Waals surface area contributed by atoms with Crippen molar-refractivity contribution in [3.8, 4) is 0 Å². The standard InChI is InChI=1S/C11H13ClN2O2/c1-14(10-6-2-5-9(12)13-10)11(15)8-4-3-7-16-8/h2,5-6,8H,3-4,7H2,1H3/t8-/m1/s1. The lowest BCUT2D eigenvalue weighted by atomic mass is 10.2. The van der Waals surface area contributed by atoms with Crippen molar-refractivity contribution < 1.29 is 9.53 Å². The SMILES string of the molecule is CN(C(=O)[C@H]1CCCO1)c1cccc(Cl)n1. The summed E-state index contributed by atoms with van der Waals surface area (Å²) in [5.41, 5.74) is 0. The number of amides is 1. The molecular formula is C11H13ClN2O2. The van der Waals surface area contributed by atoms with Crippen molar-refractivity contribution in [2.75, 3.05) is 18.6 Å². The highest BCUT2D eigenvalue weighted by Gasteiger charge is 2.27. The van der Waals surface area contributed by atoms with Crippen LogP contribution in [0, 0.1) is 0 Å². The van der Waals surface area contributed by atoms with E-state index >= 15 is 0 Å². The highest BCUT2D eigenvalue weighted by Crippen LogP contribution is 2.18. The number of aromatic nitrogens is 1. The maximum Gasteiger partial charge on any atom is 0.257 e. The summed E-state index contributed by atoms with van der Waals surface area (Å²) in [6, 6.07) is 5.19. The zero-order chi connectivity index (χ0) is 11.5. The van der Waals surface area contributed by atoms with Gasteiger partial charge in [0, 0.05) is 13.7 Å². The third-order valence-corrected chi connectivity index (χ3v) is 2.79. The van der Waals surface area contributed by atoms with Crippen LogP contribution in [0.1, 0.15) is 12.8 Å². The molecule has 1 amide bonds. The molecule has 2 heterocycles. The number of likely N-dealkylation sites (N-methyl/N-ethyl adjacent to an activating group) is 1. The Bertz CT molecular complexity index is 391. The van der Waals surface area contributed by atoms with Gasteiger partial charge in [0.1, 0.15) is 17.1 Å². The summed E-state index contributed by atoms with van der Waals surface area (Å²) in [6.45, 7) is 0.660. The highest BCUT2D eigenvalue weighted by atomic mass is 35.5. The molecule has 0 unspecified atom stereocenters. The van der Waals surface area contributed by atoms with E-state index in [1.165, 1.54) is 4.90 Å². The number of halogens is 1. The lowest BCUT2D eigenvalue weighted by molar-refractivity contribution is -0.127. The van der Waals surface area contributed by atoms with Gasteiger partial charge in [-0.3, -0.25) is 9.69 Å². The second-order valence-corrected chi connectivity index (χ2v) is 4.10. The molecule has 1 aliphatic heterocycles. The monoisotopic (exact) mass is 240 g/mol. The number of carbonyl (C=O) groups excluding carboxylic acids is 1. The summed E-state index contributed by atoms with van der Waals surface area (Å²) in [5, 5.41) is 0.379. The quantitative estimate of drug-likeness (QED) is 0.742. The first-order valence-electron chi connectivity index (χ1n) is 5.20. The van der Waals surface area contributed by atoms with Crippen molar-refractivity contribution in [1.82, 2.24) is 4.98 Å². The van der Waals surface area contributed by atoms with Crippen LogP contribution in [0.15, 0.2) is 18.2 Å². The number of pyridine rings is 1. The van der Waals surface area contributed by atoms with Crippen LogP contribution in [-0.4, -0.2) is 30.6 Å². The van der Waals surface area contributed by atoms with Gasteiger partial charge in [0.2, 0.25) is 0 Å². The number of carbonyl (C=O) groups is 1. The van der Waals surface area contributed by atoms with Crippen molar-refractivity contribution in [2.45, 2.75) is 18.9 Å². The Morgan fingerprint density at radius 3 is 3.06 bits per heavy atom. The molecule has 5 heteroatoms. The van der Waals surface area contributed by atoms with Gasteiger partial charge >= 0.3 is 0 Å². The molecule has 2 rings (SSSR count).